The Morgan fingerprint density at radius 3 is 2.42 bits per heavy atom. The first-order valence-corrected chi connectivity index (χ1v) is 9.45. The Morgan fingerprint density at radius 2 is 1.81 bits per heavy atom. The molecule has 2 fully saturated rings. The lowest BCUT2D eigenvalue weighted by molar-refractivity contribution is 0.0927. The van der Waals surface area contributed by atoms with Gasteiger partial charge in [0.1, 0.15) is 5.82 Å². The van der Waals surface area contributed by atoms with Crippen LogP contribution in [0.15, 0.2) is 48.7 Å². The Kier molecular flexibility index (Phi) is 4.89. The summed E-state index contributed by atoms with van der Waals surface area (Å²) in [4.78, 5) is 18.8. The number of piperidine rings is 1. The quantitative estimate of drug-likeness (QED) is 0.869. The van der Waals surface area contributed by atoms with E-state index in [-0.39, 0.29) is 11.8 Å². The van der Waals surface area contributed by atoms with Gasteiger partial charge in [-0.1, -0.05) is 30.3 Å². The summed E-state index contributed by atoms with van der Waals surface area (Å²) in [5.74, 6) is 1.15. The molecule has 5 heteroatoms. The zero-order chi connectivity index (χ0) is 17.9. The number of nitrogens with zero attached hydrogens (tertiary/aromatic N) is 2. The lowest BCUT2D eigenvalue weighted by Gasteiger charge is -2.35. The van der Waals surface area contributed by atoms with Gasteiger partial charge in [0.2, 0.25) is 0 Å². The number of rotatable bonds is 5. The number of hydrogen-bond donors (Lipinski definition) is 2. The number of carbonyl (C=O) groups excluding carboxylic acids is 1. The molecule has 136 valence electrons. The fourth-order valence-corrected chi connectivity index (χ4v) is 3.57. The van der Waals surface area contributed by atoms with E-state index >= 15 is 0 Å². The minimum atomic E-state index is -0.403. The van der Waals surface area contributed by atoms with Crippen molar-refractivity contribution in [3.05, 3.63) is 59.8 Å². The normalized spacial score (nSPS) is 19.2. The second-order valence-electron chi connectivity index (χ2n) is 7.33. The van der Waals surface area contributed by atoms with E-state index in [1.165, 1.54) is 0 Å². The molecule has 2 heterocycles. The van der Waals surface area contributed by atoms with Crippen LogP contribution in [0.25, 0.3) is 0 Å². The van der Waals surface area contributed by atoms with Gasteiger partial charge in [-0.3, -0.25) is 4.79 Å². The number of aromatic nitrogens is 1. The molecular formula is C21H25N3O2. The number of benzene rings is 1. The third kappa shape index (κ3) is 3.88. The van der Waals surface area contributed by atoms with Gasteiger partial charge in [0.15, 0.2) is 0 Å². The highest BCUT2D eigenvalue weighted by atomic mass is 16.3. The van der Waals surface area contributed by atoms with E-state index in [0.29, 0.717) is 11.6 Å². The smallest absolute Gasteiger partial charge is 0.253 e. The van der Waals surface area contributed by atoms with Gasteiger partial charge in [0.25, 0.3) is 5.91 Å². The van der Waals surface area contributed by atoms with Crippen molar-refractivity contribution >= 4 is 11.7 Å². The van der Waals surface area contributed by atoms with Crippen molar-refractivity contribution in [1.82, 2.24) is 10.3 Å². The molecule has 1 aliphatic carbocycles. The summed E-state index contributed by atoms with van der Waals surface area (Å²) in [7, 11) is 0. The average molecular weight is 351 g/mol. The largest absolute Gasteiger partial charge is 0.388 e. The van der Waals surface area contributed by atoms with E-state index in [2.05, 4.69) is 15.2 Å². The molecule has 1 atom stereocenters. The zero-order valence-electron chi connectivity index (χ0n) is 14.8. The maximum absolute atomic E-state index is 12.0. The van der Waals surface area contributed by atoms with E-state index in [9.17, 15) is 9.90 Å². The molecule has 1 saturated carbocycles. The molecule has 1 amide bonds. The Balaban J connectivity index is 1.33. The fourth-order valence-electron chi connectivity index (χ4n) is 3.57. The first-order chi connectivity index (χ1) is 12.7. The van der Waals surface area contributed by atoms with E-state index in [4.69, 9.17) is 0 Å². The summed E-state index contributed by atoms with van der Waals surface area (Å²) in [6, 6.07) is 14.0. The standard InChI is InChI=1S/C21H25N3O2/c25-20(15-4-2-1-3-5-15)16-10-12-24(13-11-16)19-9-6-17(14-22-19)21(26)23-18-7-8-18/h1-6,9,14,16,18,20,25H,7-8,10-13H2,(H,23,26). The summed E-state index contributed by atoms with van der Waals surface area (Å²) >= 11 is 0. The number of anilines is 1. The minimum Gasteiger partial charge on any atom is -0.388 e. The first-order valence-electron chi connectivity index (χ1n) is 9.45. The number of pyridine rings is 1. The van der Waals surface area contributed by atoms with Crippen LogP contribution in [0.5, 0.6) is 0 Å². The summed E-state index contributed by atoms with van der Waals surface area (Å²) in [5.41, 5.74) is 1.62. The Morgan fingerprint density at radius 1 is 1.08 bits per heavy atom. The molecule has 0 spiro atoms. The van der Waals surface area contributed by atoms with E-state index in [0.717, 1.165) is 50.2 Å². The topological polar surface area (TPSA) is 65.5 Å². The van der Waals surface area contributed by atoms with Gasteiger partial charge in [0.05, 0.1) is 11.7 Å². The number of aliphatic hydroxyl groups excluding tert-OH is 1. The average Bonchev–Trinajstić information content (AvgIpc) is 3.52. The summed E-state index contributed by atoms with van der Waals surface area (Å²) in [6.07, 6.45) is 5.29. The van der Waals surface area contributed by atoms with Crippen molar-refractivity contribution in [3.63, 3.8) is 0 Å². The van der Waals surface area contributed by atoms with Gasteiger partial charge in [0, 0.05) is 25.3 Å². The first kappa shape index (κ1) is 17.0. The number of amides is 1. The van der Waals surface area contributed by atoms with Gasteiger partial charge >= 0.3 is 0 Å². The Labute approximate surface area is 154 Å². The van der Waals surface area contributed by atoms with E-state index in [1.54, 1.807) is 6.20 Å². The number of aliphatic hydroxyl groups is 1. The number of hydrogen-bond acceptors (Lipinski definition) is 4. The summed E-state index contributed by atoms with van der Waals surface area (Å²) in [6.45, 7) is 1.74. The van der Waals surface area contributed by atoms with Gasteiger partial charge in [-0.05, 0) is 49.3 Å². The van der Waals surface area contributed by atoms with Crippen molar-refractivity contribution in [1.29, 1.82) is 0 Å². The highest BCUT2D eigenvalue weighted by molar-refractivity contribution is 5.94. The van der Waals surface area contributed by atoms with Crippen molar-refractivity contribution in [2.45, 2.75) is 37.8 Å². The second-order valence-corrected chi connectivity index (χ2v) is 7.33. The third-order valence-electron chi connectivity index (χ3n) is 5.37. The highest BCUT2D eigenvalue weighted by Crippen LogP contribution is 2.31. The molecule has 0 bridgehead atoms. The molecule has 5 nitrogen and oxygen atoms in total. The molecule has 1 aromatic carbocycles. The summed E-state index contributed by atoms with van der Waals surface area (Å²) in [5, 5.41) is 13.6. The lowest BCUT2D eigenvalue weighted by atomic mass is 9.87. The Hall–Kier alpha value is -2.40. The monoisotopic (exact) mass is 351 g/mol. The van der Waals surface area contributed by atoms with Gasteiger partial charge in [-0.2, -0.15) is 0 Å². The van der Waals surface area contributed by atoms with Crippen molar-refractivity contribution in [2.75, 3.05) is 18.0 Å². The van der Waals surface area contributed by atoms with Gasteiger partial charge in [-0.25, -0.2) is 4.98 Å². The van der Waals surface area contributed by atoms with E-state index in [1.807, 2.05) is 42.5 Å². The van der Waals surface area contributed by atoms with Crippen LogP contribution in [0.3, 0.4) is 0 Å². The third-order valence-corrected chi connectivity index (χ3v) is 5.37. The second kappa shape index (κ2) is 7.46. The van der Waals surface area contributed by atoms with Gasteiger partial charge in [-0.15, -0.1) is 0 Å². The van der Waals surface area contributed by atoms with Crippen LogP contribution < -0.4 is 10.2 Å². The molecule has 1 aliphatic heterocycles. The van der Waals surface area contributed by atoms with Crippen molar-refractivity contribution < 1.29 is 9.90 Å². The molecule has 0 radical (unpaired) electrons. The molecule has 4 rings (SSSR count). The Bertz CT molecular complexity index is 736. The maximum atomic E-state index is 12.0. The molecule has 2 aromatic rings. The molecule has 1 unspecified atom stereocenters. The fraction of sp³-hybridized carbons (Fsp3) is 0.429. The number of carbonyl (C=O) groups is 1. The van der Waals surface area contributed by atoms with Crippen LogP contribution in [-0.2, 0) is 0 Å². The van der Waals surface area contributed by atoms with Crippen LogP contribution in [0.1, 0.15) is 47.7 Å². The van der Waals surface area contributed by atoms with Crippen LogP contribution >= 0.6 is 0 Å². The van der Waals surface area contributed by atoms with Crippen LogP contribution in [0.2, 0.25) is 0 Å². The highest BCUT2D eigenvalue weighted by Gasteiger charge is 2.27. The maximum Gasteiger partial charge on any atom is 0.253 e. The molecule has 26 heavy (non-hydrogen) atoms. The van der Waals surface area contributed by atoms with Crippen molar-refractivity contribution in [3.8, 4) is 0 Å². The zero-order valence-corrected chi connectivity index (χ0v) is 14.8. The minimum absolute atomic E-state index is 0.0313. The molecule has 1 saturated heterocycles. The molecule has 2 N–H and O–H groups in total. The van der Waals surface area contributed by atoms with Gasteiger partial charge < -0.3 is 15.3 Å². The van der Waals surface area contributed by atoms with Crippen LogP contribution in [0, 0.1) is 5.92 Å². The molecule has 2 aliphatic rings. The predicted octanol–water partition coefficient (Wildman–Crippen LogP) is 2.92. The summed E-state index contributed by atoms with van der Waals surface area (Å²) < 4.78 is 0. The van der Waals surface area contributed by atoms with Crippen molar-refractivity contribution in [2.24, 2.45) is 5.92 Å². The lowest BCUT2D eigenvalue weighted by Crippen LogP contribution is -2.36. The molecule has 1 aromatic heterocycles. The van der Waals surface area contributed by atoms with E-state index < -0.39 is 6.10 Å². The van der Waals surface area contributed by atoms with Crippen LogP contribution in [-0.4, -0.2) is 35.1 Å². The SMILES string of the molecule is O=C(NC1CC1)c1ccc(N2CCC(C(O)c3ccccc3)CC2)nc1. The number of nitrogens with one attached hydrogen (secondary N) is 1. The molecular weight excluding hydrogens is 326 g/mol. The predicted molar refractivity (Wildman–Crippen MR) is 101 cm³/mol. The van der Waals surface area contributed by atoms with Crippen LogP contribution in [0.4, 0.5) is 5.82 Å².